The molecule has 0 aromatic carbocycles. The first kappa shape index (κ1) is 10.7. The fraction of sp³-hybridized carbons (Fsp3) is 0.889. The lowest BCUT2D eigenvalue weighted by Gasteiger charge is -2.33. The Kier molecular flexibility index (Phi) is 2.62. The highest BCUT2D eigenvalue weighted by atomic mass is 19.4. The van der Waals surface area contributed by atoms with Crippen LogP contribution in [0.1, 0.15) is 12.8 Å². The molecule has 0 aromatic rings. The van der Waals surface area contributed by atoms with Crippen molar-refractivity contribution in [2.24, 2.45) is 5.92 Å². The molecular formula is C9H13F3N2O. The molecule has 0 atom stereocenters. The molecule has 2 fully saturated rings. The van der Waals surface area contributed by atoms with Crippen molar-refractivity contribution >= 4 is 5.91 Å². The molecule has 0 unspecified atom stereocenters. The van der Waals surface area contributed by atoms with Crippen molar-refractivity contribution in [1.82, 2.24) is 10.2 Å². The summed E-state index contributed by atoms with van der Waals surface area (Å²) in [6.07, 6.45) is -3.30. The summed E-state index contributed by atoms with van der Waals surface area (Å²) < 4.78 is 36.8. The largest absolute Gasteiger partial charge is 0.471 e. The molecule has 1 heterocycles. The summed E-state index contributed by atoms with van der Waals surface area (Å²) in [5.41, 5.74) is 0. The van der Waals surface area contributed by atoms with Crippen LogP contribution < -0.4 is 5.32 Å². The topological polar surface area (TPSA) is 32.3 Å². The molecule has 1 aliphatic heterocycles. The molecule has 3 nitrogen and oxygen atoms in total. The second-order valence-corrected chi connectivity index (χ2v) is 4.21. The van der Waals surface area contributed by atoms with Crippen LogP contribution in [0.5, 0.6) is 0 Å². The van der Waals surface area contributed by atoms with Crippen LogP contribution in [0.3, 0.4) is 0 Å². The third-order valence-corrected chi connectivity index (χ3v) is 2.81. The van der Waals surface area contributed by atoms with Gasteiger partial charge in [0.25, 0.3) is 0 Å². The standard InChI is InChI=1S/C9H13F3N2O/c10-9(11,12)8(15)14(7-1-2-7)5-6-3-13-4-6/h6-7,13H,1-5H2. The average Bonchev–Trinajstić information content (AvgIpc) is 2.83. The van der Waals surface area contributed by atoms with Gasteiger partial charge < -0.3 is 10.2 Å². The predicted octanol–water partition coefficient (Wildman–Crippen LogP) is 0.759. The van der Waals surface area contributed by atoms with Gasteiger partial charge in [-0.3, -0.25) is 4.79 Å². The molecule has 1 saturated heterocycles. The highest BCUT2D eigenvalue weighted by molar-refractivity contribution is 5.82. The van der Waals surface area contributed by atoms with E-state index in [4.69, 9.17) is 0 Å². The van der Waals surface area contributed by atoms with Gasteiger partial charge in [0.1, 0.15) is 0 Å². The quantitative estimate of drug-likeness (QED) is 0.764. The highest BCUT2D eigenvalue weighted by Crippen LogP contribution is 2.31. The van der Waals surface area contributed by atoms with Crippen molar-refractivity contribution in [1.29, 1.82) is 0 Å². The van der Waals surface area contributed by atoms with E-state index in [9.17, 15) is 18.0 Å². The fourth-order valence-corrected chi connectivity index (χ4v) is 1.70. The summed E-state index contributed by atoms with van der Waals surface area (Å²) in [4.78, 5) is 12.1. The first-order chi connectivity index (χ1) is 6.98. The van der Waals surface area contributed by atoms with E-state index >= 15 is 0 Å². The van der Waals surface area contributed by atoms with Gasteiger partial charge in [0.2, 0.25) is 0 Å². The maximum absolute atomic E-state index is 12.3. The van der Waals surface area contributed by atoms with Gasteiger partial charge in [-0.1, -0.05) is 0 Å². The van der Waals surface area contributed by atoms with E-state index in [1.165, 1.54) is 0 Å². The Morgan fingerprint density at radius 2 is 1.93 bits per heavy atom. The van der Waals surface area contributed by atoms with Crippen molar-refractivity contribution in [3.8, 4) is 0 Å². The zero-order chi connectivity index (χ0) is 11.1. The van der Waals surface area contributed by atoms with E-state index in [1.807, 2.05) is 0 Å². The number of rotatable bonds is 3. The number of hydrogen-bond donors (Lipinski definition) is 1. The van der Waals surface area contributed by atoms with Gasteiger partial charge in [-0.25, -0.2) is 0 Å². The first-order valence-electron chi connectivity index (χ1n) is 5.07. The minimum absolute atomic E-state index is 0.167. The molecule has 1 saturated carbocycles. The smallest absolute Gasteiger partial charge is 0.332 e. The van der Waals surface area contributed by atoms with Gasteiger partial charge in [-0.2, -0.15) is 13.2 Å². The second kappa shape index (κ2) is 3.66. The summed E-state index contributed by atoms with van der Waals surface area (Å²) in [5, 5.41) is 2.98. The normalized spacial score (nSPS) is 22.3. The maximum Gasteiger partial charge on any atom is 0.471 e. The molecule has 1 amide bonds. The SMILES string of the molecule is O=C(N(CC1CNC1)C1CC1)C(F)(F)F. The Morgan fingerprint density at radius 3 is 2.27 bits per heavy atom. The Balaban J connectivity index is 1.95. The van der Waals surface area contributed by atoms with Crippen LogP contribution in [0.25, 0.3) is 0 Å². The van der Waals surface area contributed by atoms with Gasteiger partial charge in [-0.15, -0.1) is 0 Å². The van der Waals surface area contributed by atoms with Crippen molar-refractivity contribution in [2.75, 3.05) is 19.6 Å². The van der Waals surface area contributed by atoms with E-state index in [1.54, 1.807) is 0 Å². The molecule has 2 aliphatic rings. The van der Waals surface area contributed by atoms with E-state index in [0.717, 1.165) is 4.90 Å². The maximum atomic E-state index is 12.3. The van der Waals surface area contributed by atoms with Crippen LogP contribution in [0.4, 0.5) is 13.2 Å². The molecule has 0 aromatic heterocycles. The van der Waals surface area contributed by atoms with Crippen LogP contribution in [0.2, 0.25) is 0 Å². The Hall–Kier alpha value is -0.780. The minimum atomic E-state index is -4.72. The summed E-state index contributed by atoms with van der Waals surface area (Å²) in [7, 11) is 0. The highest BCUT2D eigenvalue weighted by Gasteiger charge is 2.47. The summed E-state index contributed by atoms with van der Waals surface area (Å²) in [6, 6.07) is -0.167. The van der Waals surface area contributed by atoms with Gasteiger partial charge >= 0.3 is 12.1 Å². The van der Waals surface area contributed by atoms with Crippen LogP contribution in [-0.4, -0.2) is 42.7 Å². The Bertz CT molecular complexity index is 259. The molecule has 0 radical (unpaired) electrons. The van der Waals surface area contributed by atoms with Gasteiger partial charge in [-0.05, 0) is 12.8 Å². The minimum Gasteiger partial charge on any atom is -0.332 e. The lowest BCUT2D eigenvalue weighted by atomic mass is 10.0. The Morgan fingerprint density at radius 1 is 1.33 bits per heavy atom. The molecule has 0 bridgehead atoms. The number of carbonyl (C=O) groups is 1. The summed E-state index contributed by atoms with van der Waals surface area (Å²) >= 11 is 0. The number of alkyl halides is 3. The van der Waals surface area contributed by atoms with E-state index in [-0.39, 0.29) is 18.5 Å². The summed E-state index contributed by atoms with van der Waals surface area (Å²) in [6.45, 7) is 1.68. The van der Waals surface area contributed by atoms with Gasteiger partial charge in [0.05, 0.1) is 0 Å². The lowest BCUT2D eigenvalue weighted by molar-refractivity contribution is -0.186. The zero-order valence-electron chi connectivity index (χ0n) is 8.18. The second-order valence-electron chi connectivity index (χ2n) is 4.21. The lowest BCUT2D eigenvalue weighted by Crippen LogP contribution is -2.52. The number of nitrogens with one attached hydrogen (secondary N) is 1. The molecule has 1 N–H and O–H groups in total. The van der Waals surface area contributed by atoms with Crippen molar-refractivity contribution in [3.63, 3.8) is 0 Å². The van der Waals surface area contributed by atoms with Gasteiger partial charge in [0.15, 0.2) is 0 Å². The van der Waals surface area contributed by atoms with E-state index in [2.05, 4.69) is 5.32 Å². The van der Waals surface area contributed by atoms with Gasteiger partial charge in [0, 0.05) is 31.6 Å². The monoisotopic (exact) mass is 222 g/mol. The third-order valence-electron chi connectivity index (χ3n) is 2.81. The van der Waals surface area contributed by atoms with Crippen molar-refractivity contribution in [2.45, 2.75) is 25.1 Å². The van der Waals surface area contributed by atoms with Crippen LogP contribution in [-0.2, 0) is 4.79 Å². The number of halogens is 3. The first-order valence-corrected chi connectivity index (χ1v) is 5.07. The molecule has 86 valence electrons. The number of carbonyl (C=O) groups excluding carboxylic acids is 1. The van der Waals surface area contributed by atoms with E-state index in [0.29, 0.717) is 25.9 Å². The molecule has 15 heavy (non-hydrogen) atoms. The molecule has 6 heteroatoms. The average molecular weight is 222 g/mol. The molecule has 2 rings (SSSR count). The Labute approximate surface area is 85.6 Å². The van der Waals surface area contributed by atoms with Crippen LogP contribution in [0.15, 0.2) is 0 Å². The van der Waals surface area contributed by atoms with E-state index < -0.39 is 12.1 Å². The molecule has 1 aliphatic carbocycles. The van der Waals surface area contributed by atoms with Crippen molar-refractivity contribution < 1.29 is 18.0 Å². The summed E-state index contributed by atoms with van der Waals surface area (Å²) in [5.74, 6) is -1.48. The molecular weight excluding hydrogens is 209 g/mol. The number of nitrogens with zero attached hydrogens (tertiary/aromatic N) is 1. The van der Waals surface area contributed by atoms with Crippen LogP contribution in [0, 0.1) is 5.92 Å². The van der Waals surface area contributed by atoms with Crippen LogP contribution >= 0.6 is 0 Å². The third kappa shape index (κ3) is 2.42. The predicted molar refractivity (Wildman–Crippen MR) is 47.1 cm³/mol. The van der Waals surface area contributed by atoms with Crippen molar-refractivity contribution in [3.05, 3.63) is 0 Å². The number of hydrogen-bond acceptors (Lipinski definition) is 2. The fourth-order valence-electron chi connectivity index (χ4n) is 1.70. The zero-order valence-corrected chi connectivity index (χ0v) is 8.18. The number of amides is 1. The molecule has 0 spiro atoms.